The van der Waals surface area contributed by atoms with E-state index in [-0.39, 0.29) is 25.5 Å². The van der Waals surface area contributed by atoms with Gasteiger partial charge in [-0.2, -0.15) is 0 Å². The van der Waals surface area contributed by atoms with Crippen LogP contribution in [-0.4, -0.2) is 46.5 Å². The highest BCUT2D eigenvalue weighted by Gasteiger charge is 2.20. The second-order valence-corrected chi connectivity index (χ2v) is 6.91. The number of ether oxygens (including phenoxy) is 2. The number of esters is 1. The van der Waals surface area contributed by atoms with Crippen LogP contribution in [0.4, 0.5) is 0 Å². The van der Waals surface area contributed by atoms with Gasteiger partial charge in [0.25, 0.3) is 0 Å². The van der Waals surface area contributed by atoms with Gasteiger partial charge in [-0.3, -0.25) is 0 Å². The molecule has 2 aromatic rings. The van der Waals surface area contributed by atoms with E-state index in [9.17, 15) is 4.79 Å². The van der Waals surface area contributed by atoms with E-state index in [1.54, 1.807) is 17.6 Å². The molecule has 0 unspecified atom stereocenters. The summed E-state index contributed by atoms with van der Waals surface area (Å²) in [5, 5.41) is 11.0. The van der Waals surface area contributed by atoms with Crippen LogP contribution in [0.1, 0.15) is 37.0 Å². The van der Waals surface area contributed by atoms with Gasteiger partial charge in [0.2, 0.25) is 0 Å². The third-order valence-electron chi connectivity index (χ3n) is 2.75. The van der Waals surface area contributed by atoms with E-state index in [4.69, 9.17) is 14.6 Å². The second-order valence-electron chi connectivity index (χ2n) is 6.05. The number of pyridine rings is 1. The molecule has 132 valence electrons. The Morgan fingerprint density at radius 1 is 1.40 bits per heavy atom. The van der Waals surface area contributed by atoms with Gasteiger partial charge in [0.05, 0.1) is 13.2 Å². The van der Waals surface area contributed by atoms with Crippen molar-refractivity contribution in [1.29, 1.82) is 0 Å². The predicted octanol–water partition coefficient (Wildman–Crippen LogP) is 2.52. The van der Waals surface area contributed by atoms with Gasteiger partial charge in [-0.05, 0) is 38.8 Å². The minimum Gasteiger partial charge on any atom is -0.455 e. The normalized spacial score (nSPS) is 10.9. The molecule has 6 nitrogen and oxygen atoms in total. The SMILES string of the molecule is CC(C)(C)OC(=O)c1csc(-c2ccnc(C#CCOCCO)c2)n1. The fourth-order valence-corrected chi connectivity index (χ4v) is 2.56. The van der Waals surface area contributed by atoms with Crippen molar-refractivity contribution in [2.45, 2.75) is 26.4 Å². The molecule has 0 amide bonds. The lowest BCUT2D eigenvalue weighted by molar-refractivity contribution is 0.00638. The van der Waals surface area contributed by atoms with Gasteiger partial charge in [0, 0.05) is 17.1 Å². The number of rotatable bonds is 5. The topological polar surface area (TPSA) is 81.5 Å². The van der Waals surface area contributed by atoms with E-state index in [0.29, 0.717) is 10.7 Å². The van der Waals surface area contributed by atoms with E-state index < -0.39 is 11.6 Å². The van der Waals surface area contributed by atoms with Crippen LogP contribution in [0.25, 0.3) is 10.6 Å². The van der Waals surface area contributed by atoms with Gasteiger partial charge in [-0.1, -0.05) is 5.92 Å². The van der Waals surface area contributed by atoms with E-state index in [1.165, 1.54) is 11.3 Å². The molecule has 0 fully saturated rings. The molecule has 0 bridgehead atoms. The third-order valence-corrected chi connectivity index (χ3v) is 3.64. The highest BCUT2D eigenvalue weighted by atomic mass is 32.1. The molecule has 0 aliphatic rings. The van der Waals surface area contributed by atoms with Crippen molar-refractivity contribution in [3.63, 3.8) is 0 Å². The lowest BCUT2D eigenvalue weighted by atomic mass is 10.2. The van der Waals surface area contributed by atoms with Gasteiger partial charge in [0.15, 0.2) is 5.69 Å². The van der Waals surface area contributed by atoms with Crippen LogP contribution in [0.5, 0.6) is 0 Å². The molecule has 1 N–H and O–H groups in total. The Kier molecular flexibility index (Phi) is 6.65. The lowest BCUT2D eigenvalue weighted by Gasteiger charge is -2.18. The van der Waals surface area contributed by atoms with Gasteiger partial charge in [-0.25, -0.2) is 14.8 Å². The summed E-state index contributed by atoms with van der Waals surface area (Å²) in [5.74, 6) is 5.28. The third kappa shape index (κ3) is 6.27. The average Bonchev–Trinajstić information content (AvgIpc) is 3.04. The first-order valence-corrected chi connectivity index (χ1v) is 8.60. The number of aliphatic hydroxyl groups excluding tert-OH is 1. The Balaban J connectivity index is 2.09. The molecule has 0 saturated heterocycles. The first-order chi connectivity index (χ1) is 11.9. The highest BCUT2D eigenvalue weighted by Crippen LogP contribution is 2.24. The van der Waals surface area contributed by atoms with Gasteiger partial charge < -0.3 is 14.6 Å². The van der Waals surface area contributed by atoms with Crippen LogP contribution in [0.15, 0.2) is 23.7 Å². The minimum atomic E-state index is -0.557. The van der Waals surface area contributed by atoms with Crippen molar-refractivity contribution in [3.05, 3.63) is 35.1 Å². The molecule has 0 radical (unpaired) electrons. The van der Waals surface area contributed by atoms with E-state index in [1.807, 2.05) is 26.8 Å². The summed E-state index contributed by atoms with van der Waals surface area (Å²) in [6, 6.07) is 3.61. The summed E-state index contributed by atoms with van der Waals surface area (Å²) < 4.78 is 10.4. The Bertz CT molecular complexity index is 784. The smallest absolute Gasteiger partial charge is 0.358 e. The number of carbonyl (C=O) groups excluding carboxylic acids is 1. The minimum absolute atomic E-state index is 0.0283. The van der Waals surface area contributed by atoms with Crippen LogP contribution in [0.3, 0.4) is 0 Å². The molecule has 7 heteroatoms. The maximum absolute atomic E-state index is 12.1. The Morgan fingerprint density at radius 2 is 2.20 bits per heavy atom. The van der Waals surface area contributed by atoms with E-state index in [2.05, 4.69) is 21.8 Å². The van der Waals surface area contributed by atoms with E-state index >= 15 is 0 Å². The molecule has 0 spiro atoms. The fourth-order valence-electron chi connectivity index (χ4n) is 1.78. The van der Waals surface area contributed by atoms with Crippen LogP contribution < -0.4 is 0 Å². The fraction of sp³-hybridized carbons (Fsp3) is 0.389. The molecule has 2 rings (SSSR count). The quantitative estimate of drug-likeness (QED) is 0.501. The molecular weight excluding hydrogens is 340 g/mol. The maximum Gasteiger partial charge on any atom is 0.358 e. The number of nitrogens with zero attached hydrogens (tertiary/aromatic N) is 2. The molecule has 0 atom stereocenters. The van der Waals surface area contributed by atoms with Crippen LogP contribution in [0.2, 0.25) is 0 Å². The number of hydrogen-bond donors (Lipinski definition) is 1. The summed E-state index contributed by atoms with van der Waals surface area (Å²) in [7, 11) is 0. The largest absolute Gasteiger partial charge is 0.455 e. The molecular formula is C18H20N2O4S. The first-order valence-electron chi connectivity index (χ1n) is 7.72. The van der Waals surface area contributed by atoms with Crippen LogP contribution >= 0.6 is 11.3 Å². The monoisotopic (exact) mass is 360 g/mol. The molecule has 0 aliphatic heterocycles. The van der Waals surface area contributed by atoms with Crippen molar-refractivity contribution in [1.82, 2.24) is 9.97 Å². The Morgan fingerprint density at radius 3 is 2.92 bits per heavy atom. The zero-order valence-electron chi connectivity index (χ0n) is 14.4. The van der Waals surface area contributed by atoms with Gasteiger partial charge in [-0.15, -0.1) is 11.3 Å². The average molecular weight is 360 g/mol. The second kappa shape index (κ2) is 8.72. The zero-order valence-corrected chi connectivity index (χ0v) is 15.2. The van der Waals surface area contributed by atoms with Crippen molar-refractivity contribution in [2.24, 2.45) is 0 Å². The summed E-state index contributed by atoms with van der Waals surface area (Å²) in [6.45, 7) is 5.91. The summed E-state index contributed by atoms with van der Waals surface area (Å²) in [4.78, 5) is 20.6. The van der Waals surface area contributed by atoms with E-state index in [0.717, 1.165) is 5.56 Å². The Hall–Kier alpha value is -2.27. The van der Waals surface area contributed by atoms with Gasteiger partial charge in [0.1, 0.15) is 22.9 Å². The summed E-state index contributed by atoms with van der Waals surface area (Å²) >= 11 is 1.36. The van der Waals surface area contributed by atoms with Crippen molar-refractivity contribution >= 4 is 17.3 Å². The summed E-state index contributed by atoms with van der Waals surface area (Å²) in [5.41, 5.74) is 1.14. The molecule has 2 heterocycles. The molecule has 0 saturated carbocycles. The highest BCUT2D eigenvalue weighted by molar-refractivity contribution is 7.13. The van der Waals surface area contributed by atoms with Crippen molar-refractivity contribution < 1.29 is 19.4 Å². The number of thiazole rings is 1. The number of aliphatic hydroxyl groups is 1. The zero-order chi connectivity index (χ0) is 18.3. The molecule has 0 aromatic carbocycles. The molecule has 2 aromatic heterocycles. The molecule has 25 heavy (non-hydrogen) atoms. The number of hydrogen-bond acceptors (Lipinski definition) is 7. The maximum atomic E-state index is 12.1. The first kappa shape index (κ1) is 19.1. The number of aromatic nitrogens is 2. The summed E-state index contributed by atoms with van der Waals surface area (Å²) in [6.07, 6.45) is 1.64. The molecule has 0 aliphatic carbocycles. The lowest BCUT2D eigenvalue weighted by Crippen LogP contribution is -2.24. The predicted molar refractivity (Wildman–Crippen MR) is 95.3 cm³/mol. The Labute approximate surface area is 150 Å². The van der Waals surface area contributed by atoms with Crippen molar-refractivity contribution in [3.8, 4) is 22.4 Å². The van der Waals surface area contributed by atoms with Gasteiger partial charge >= 0.3 is 5.97 Å². The van der Waals surface area contributed by atoms with Crippen LogP contribution in [0, 0.1) is 11.8 Å². The standard InChI is InChI=1S/C18H20N2O4S/c1-18(2,3)24-17(22)15-12-25-16(20-15)13-6-7-19-14(11-13)5-4-9-23-10-8-21/h6-7,11-12,21H,8-10H2,1-3H3. The van der Waals surface area contributed by atoms with Crippen molar-refractivity contribution in [2.75, 3.05) is 19.8 Å². The van der Waals surface area contributed by atoms with Crippen LogP contribution in [-0.2, 0) is 9.47 Å². The number of carbonyl (C=O) groups is 1.